The number of hydrogen-bond donors (Lipinski definition) is 1. The van der Waals surface area contributed by atoms with Crippen molar-refractivity contribution in [1.82, 2.24) is 9.78 Å². The molecule has 1 aromatic heterocycles. The van der Waals surface area contributed by atoms with Crippen LogP contribution in [0, 0.1) is 11.3 Å². The number of nitrogens with zero attached hydrogens (tertiary/aromatic N) is 2. The number of halogens is 5. The summed E-state index contributed by atoms with van der Waals surface area (Å²) in [7, 11) is 0. The summed E-state index contributed by atoms with van der Waals surface area (Å²) in [4.78, 5) is 11.7. The molecular formula is C15H16F5N3O. The molecule has 24 heavy (non-hydrogen) atoms. The first kappa shape index (κ1) is 15.8. The molecule has 0 radical (unpaired) electrons. The highest BCUT2D eigenvalue weighted by atomic mass is 19.4. The van der Waals surface area contributed by atoms with Gasteiger partial charge in [-0.1, -0.05) is 0 Å². The van der Waals surface area contributed by atoms with Crippen molar-refractivity contribution in [3.05, 3.63) is 17.0 Å². The summed E-state index contributed by atoms with van der Waals surface area (Å²) in [5, 5.41) is 3.99. The van der Waals surface area contributed by atoms with Crippen molar-refractivity contribution in [2.24, 2.45) is 17.1 Å². The number of hydrogen-bond acceptors (Lipinski definition) is 2. The number of rotatable bonds is 4. The monoisotopic (exact) mass is 349 g/mol. The molecule has 9 heteroatoms. The number of carbonyl (C=O) groups is 1. The third kappa shape index (κ3) is 2.39. The van der Waals surface area contributed by atoms with Crippen LogP contribution in [0.5, 0.6) is 0 Å². The smallest absolute Gasteiger partial charge is 0.364 e. The highest BCUT2D eigenvalue weighted by Gasteiger charge is 2.67. The fraction of sp³-hybridized carbons (Fsp3) is 0.733. The molecule has 1 aromatic rings. The van der Waals surface area contributed by atoms with Crippen LogP contribution in [0.2, 0.25) is 0 Å². The molecule has 1 heterocycles. The van der Waals surface area contributed by atoms with Gasteiger partial charge in [-0.25, -0.2) is 8.78 Å². The highest BCUT2D eigenvalue weighted by molar-refractivity contribution is 5.93. The minimum absolute atomic E-state index is 0.110. The normalized spacial score (nSPS) is 31.1. The van der Waals surface area contributed by atoms with Crippen LogP contribution in [0.1, 0.15) is 59.8 Å². The van der Waals surface area contributed by atoms with Gasteiger partial charge < -0.3 is 5.73 Å². The van der Waals surface area contributed by atoms with E-state index < -0.39 is 34.7 Å². The summed E-state index contributed by atoms with van der Waals surface area (Å²) in [6.45, 7) is -0.110. The van der Waals surface area contributed by atoms with Gasteiger partial charge in [0.05, 0.1) is 5.69 Å². The van der Waals surface area contributed by atoms with E-state index in [-0.39, 0.29) is 36.9 Å². The maximum Gasteiger partial charge on any atom is 0.420 e. The zero-order valence-electron chi connectivity index (χ0n) is 12.7. The maximum atomic E-state index is 13.5. The van der Waals surface area contributed by atoms with Crippen molar-refractivity contribution < 1.29 is 26.7 Å². The van der Waals surface area contributed by atoms with Crippen LogP contribution in [0.4, 0.5) is 22.0 Å². The van der Waals surface area contributed by atoms with Crippen LogP contribution >= 0.6 is 0 Å². The summed E-state index contributed by atoms with van der Waals surface area (Å²) in [6, 6.07) is 0. The largest absolute Gasteiger partial charge is 0.420 e. The van der Waals surface area contributed by atoms with Gasteiger partial charge in [-0.2, -0.15) is 18.3 Å². The van der Waals surface area contributed by atoms with Crippen molar-refractivity contribution in [2.75, 3.05) is 0 Å². The summed E-state index contributed by atoms with van der Waals surface area (Å²) < 4.78 is 68.3. The lowest BCUT2D eigenvalue weighted by molar-refractivity contribution is -0.138. The Morgan fingerprint density at radius 1 is 1.29 bits per heavy atom. The molecule has 132 valence electrons. The Kier molecular flexibility index (Phi) is 2.96. The van der Waals surface area contributed by atoms with E-state index in [0.717, 1.165) is 4.68 Å². The van der Waals surface area contributed by atoms with Gasteiger partial charge in [0, 0.05) is 25.3 Å². The quantitative estimate of drug-likeness (QED) is 0.848. The van der Waals surface area contributed by atoms with Crippen LogP contribution in [-0.4, -0.2) is 21.6 Å². The highest BCUT2D eigenvalue weighted by Crippen LogP contribution is 2.68. The van der Waals surface area contributed by atoms with E-state index in [9.17, 15) is 26.7 Å². The van der Waals surface area contributed by atoms with Gasteiger partial charge >= 0.3 is 6.18 Å². The first-order valence-electron chi connectivity index (χ1n) is 7.88. The van der Waals surface area contributed by atoms with E-state index in [1.54, 1.807) is 0 Å². The lowest BCUT2D eigenvalue weighted by Crippen LogP contribution is -2.25. The second-order valence-corrected chi connectivity index (χ2v) is 7.40. The average Bonchev–Trinajstić information content (AvgIpc) is 3.27. The van der Waals surface area contributed by atoms with Crippen molar-refractivity contribution >= 4 is 5.91 Å². The van der Waals surface area contributed by atoms with Crippen molar-refractivity contribution in [3.8, 4) is 0 Å². The molecule has 0 aromatic carbocycles. The predicted molar refractivity (Wildman–Crippen MR) is 72.4 cm³/mol. The predicted octanol–water partition coefficient (Wildman–Crippen LogP) is 3.31. The average molecular weight is 349 g/mol. The molecular weight excluding hydrogens is 333 g/mol. The summed E-state index contributed by atoms with van der Waals surface area (Å²) in [5.74, 6) is -4.58. The van der Waals surface area contributed by atoms with Crippen LogP contribution in [0.3, 0.4) is 0 Å². The van der Waals surface area contributed by atoms with Crippen LogP contribution in [0.25, 0.3) is 0 Å². The number of fused-ring (bicyclic) bond motifs is 1. The molecule has 0 aliphatic heterocycles. The van der Waals surface area contributed by atoms with Gasteiger partial charge in [-0.15, -0.1) is 0 Å². The Bertz CT molecular complexity index is 721. The van der Waals surface area contributed by atoms with E-state index in [1.807, 2.05) is 0 Å². The van der Waals surface area contributed by atoms with Gasteiger partial charge in [0.25, 0.3) is 5.91 Å². The van der Waals surface area contributed by atoms with Crippen molar-refractivity contribution in [2.45, 2.75) is 56.7 Å². The molecule has 0 spiro atoms. The van der Waals surface area contributed by atoms with Crippen LogP contribution < -0.4 is 5.73 Å². The SMILES string of the molecule is NC(=O)c1c(C(F)(F)F)c(C2CC2)nn1CC12CC1CC(F)(F)C2. The third-order valence-electron chi connectivity index (χ3n) is 5.44. The number of aromatic nitrogens is 2. The van der Waals surface area contributed by atoms with Crippen LogP contribution in [-0.2, 0) is 12.7 Å². The van der Waals surface area contributed by atoms with Gasteiger partial charge in [-0.3, -0.25) is 9.48 Å². The molecule has 2 atom stereocenters. The zero-order valence-corrected chi connectivity index (χ0v) is 12.7. The lowest BCUT2D eigenvalue weighted by Gasteiger charge is -2.17. The fourth-order valence-corrected chi connectivity index (χ4v) is 4.20. The zero-order chi connectivity index (χ0) is 17.5. The molecule has 3 fully saturated rings. The standard InChI is InChI=1S/C15H16F5N3O/c16-14(17)4-8-3-13(8,5-14)6-23-11(12(21)24)9(15(18,19)20)10(22-23)7-1-2-7/h7-8H,1-6H2,(H2,21,24). The summed E-state index contributed by atoms with van der Waals surface area (Å²) >= 11 is 0. The lowest BCUT2D eigenvalue weighted by atomic mass is 10.0. The molecule has 4 rings (SSSR count). The van der Waals surface area contributed by atoms with Gasteiger partial charge in [0.1, 0.15) is 11.3 Å². The third-order valence-corrected chi connectivity index (χ3v) is 5.44. The molecule has 4 nitrogen and oxygen atoms in total. The summed E-state index contributed by atoms with van der Waals surface area (Å²) in [5.41, 5.74) is 2.47. The number of carbonyl (C=O) groups excluding carboxylic acids is 1. The molecule has 2 N–H and O–H groups in total. The Labute approximate surface area is 134 Å². The molecule has 0 saturated heterocycles. The second kappa shape index (κ2) is 4.49. The number of primary amides is 1. The topological polar surface area (TPSA) is 60.9 Å². The molecule has 3 saturated carbocycles. The fourth-order valence-electron chi connectivity index (χ4n) is 4.20. The molecule has 1 amide bonds. The van der Waals surface area contributed by atoms with Crippen molar-refractivity contribution in [3.63, 3.8) is 0 Å². The van der Waals surface area contributed by atoms with E-state index in [0.29, 0.717) is 19.3 Å². The van der Waals surface area contributed by atoms with Gasteiger partial charge in [-0.05, 0) is 30.6 Å². The van der Waals surface area contributed by atoms with Gasteiger partial charge in [0.15, 0.2) is 0 Å². The summed E-state index contributed by atoms with van der Waals surface area (Å²) in [6.07, 6.45) is -3.69. The molecule has 3 aliphatic carbocycles. The Balaban J connectivity index is 1.75. The minimum Gasteiger partial charge on any atom is -0.364 e. The number of nitrogens with two attached hydrogens (primary N) is 1. The van der Waals surface area contributed by atoms with Crippen LogP contribution in [0.15, 0.2) is 0 Å². The molecule has 3 aliphatic rings. The van der Waals surface area contributed by atoms with E-state index in [4.69, 9.17) is 5.73 Å². The van der Waals surface area contributed by atoms with E-state index in [2.05, 4.69) is 5.10 Å². The van der Waals surface area contributed by atoms with Crippen molar-refractivity contribution in [1.29, 1.82) is 0 Å². The minimum atomic E-state index is -4.75. The first-order chi connectivity index (χ1) is 11.0. The Morgan fingerprint density at radius 3 is 2.42 bits per heavy atom. The molecule has 2 unspecified atom stereocenters. The van der Waals surface area contributed by atoms with E-state index >= 15 is 0 Å². The number of alkyl halides is 5. The number of amides is 1. The Morgan fingerprint density at radius 2 is 1.96 bits per heavy atom. The van der Waals surface area contributed by atoms with Gasteiger partial charge in [0.2, 0.25) is 5.92 Å². The second-order valence-electron chi connectivity index (χ2n) is 7.40. The molecule has 0 bridgehead atoms. The maximum absolute atomic E-state index is 13.5. The Hall–Kier alpha value is -1.67. The first-order valence-corrected chi connectivity index (χ1v) is 7.88. The van der Waals surface area contributed by atoms with E-state index in [1.165, 1.54) is 0 Å².